The summed E-state index contributed by atoms with van der Waals surface area (Å²) in [5, 5.41) is 15.2. The van der Waals surface area contributed by atoms with Crippen molar-refractivity contribution < 1.29 is 18.3 Å². The summed E-state index contributed by atoms with van der Waals surface area (Å²) in [4.78, 5) is 0.107. The second kappa shape index (κ2) is 8.12. The molecule has 28 heavy (non-hydrogen) atoms. The summed E-state index contributed by atoms with van der Waals surface area (Å²) in [5.41, 5.74) is 2.27. The van der Waals surface area contributed by atoms with Crippen LogP contribution in [0.2, 0.25) is 0 Å². The van der Waals surface area contributed by atoms with Gasteiger partial charge in [-0.1, -0.05) is 34.9 Å². The maximum atomic E-state index is 12.7. The summed E-state index contributed by atoms with van der Waals surface area (Å²) < 4.78 is 36.0. The van der Waals surface area contributed by atoms with E-state index in [-0.39, 0.29) is 16.5 Å². The van der Waals surface area contributed by atoms with Crippen molar-refractivity contribution in [1.82, 2.24) is 4.57 Å². The zero-order valence-electron chi connectivity index (χ0n) is 16.1. The molecule has 3 rings (SSSR count). The Morgan fingerprint density at radius 3 is 2.64 bits per heavy atom. The third-order valence-electron chi connectivity index (χ3n) is 4.45. The van der Waals surface area contributed by atoms with Gasteiger partial charge in [0.25, 0.3) is 10.0 Å². The van der Waals surface area contributed by atoms with Crippen LogP contribution < -0.4 is 0 Å². The Labute approximate surface area is 164 Å². The fourth-order valence-corrected chi connectivity index (χ4v) is 4.11. The number of hydrogen-bond acceptors (Lipinski definition) is 5. The fraction of sp³-hybridized carbons (Fsp3) is 0.300. The Balaban J connectivity index is 2.04. The third kappa shape index (κ3) is 3.93. The number of rotatable bonds is 7. The SMILES string of the molecule is CCOCCn1c(O)c(N=NS(=O)(=O)c2cc(C)ccc2C)c2ccccc21. The van der Waals surface area contributed by atoms with Crippen molar-refractivity contribution in [2.45, 2.75) is 32.2 Å². The molecule has 0 bridgehead atoms. The number of sulfonamides is 1. The molecule has 148 valence electrons. The smallest absolute Gasteiger partial charge is 0.300 e. The molecule has 0 aliphatic carbocycles. The Hall–Kier alpha value is -2.71. The van der Waals surface area contributed by atoms with Gasteiger partial charge in [-0.05, 0) is 44.0 Å². The summed E-state index contributed by atoms with van der Waals surface area (Å²) in [7, 11) is -4.00. The van der Waals surface area contributed by atoms with Crippen molar-refractivity contribution >= 4 is 26.6 Å². The summed E-state index contributed by atoms with van der Waals surface area (Å²) in [6.07, 6.45) is 0. The fourth-order valence-electron chi connectivity index (χ4n) is 3.02. The van der Waals surface area contributed by atoms with E-state index in [0.29, 0.717) is 30.7 Å². The second-order valence-corrected chi connectivity index (χ2v) is 8.02. The molecule has 0 fully saturated rings. The first-order chi connectivity index (χ1) is 13.3. The van der Waals surface area contributed by atoms with E-state index in [1.165, 1.54) is 0 Å². The maximum Gasteiger partial charge on any atom is 0.300 e. The molecule has 0 spiro atoms. The largest absolute Gasteiger partial charge is 0.493 e. The average Bonchev–Trinajstić information content (AvgIpc) is 2.94. The second-order valence-electron chi connectivity index (χ2n) is 6.46. The molecule has 3 aromatic rings. The zero-order chi connectivity index (χ0) is 20.3. The van der Waals surface area contributed by atoms with Crippen molar-refractivity contribution in [1.29, 1.82) is 0 Å². The number of benzene rings is 2. The average molecular weight is 401 g/mol. The van der Waals surface area contributed by atoms with Gasteiger partial charge >= 0.3 is 0 Å². The summed E-state index contributed by atoms with van der Waals surface area (Å²) in [6, 6.07) is 12.4. The Kier molecular flexibility index (Phi) is 5.81. The van der Waals surface area contributed by atoms with Crippen molar-refractivity contribution in [3.8, 4) is 5.88 Å². The first-order valence-electron chi connectivity index (χ1n) is 8.98. The van der Waals surface area contributed by atoms with E-state index in [9.17, 15) is 13.5 Å². The van der Waals surface area contributed by atoms with E-state index >= 15 is 0 Å². The van der Waals surface area contributed by atoms with Crippen molar-refractivity contribution in [3.63, 3.8) is 0 Å². The van der Waals surface area contributed by atoms with Gasteiger partial charge in [0.15, 0.2) is 5.69 Å². The number of aryl methyl sites for hydroxylation is 2. The lowest BCUT2D eigenvalue weighted by molar-refractivity contribution is 0.138. The van der Waals surface area contributed by atoms with E-state index in [1.54, 1.807) is 35.8 Å². The molecule has 0 aliphatic rings. The lowest BCUT2D eigenvalue weighted by Crippen LogP contribution is -2.05. The first-order valence-corrected chi connectivity index (χ1v) is 10.4. The predicted octanol–water partition coefficient (Wildman–Crippen LogP) is 4.47. The minimum Gasteiger partial charge on any atom is -0.493 e. The molecular weight excluding hydrogens is 378 g/mol. The summed E-state index contributed by atoms with van der Waals surface area (Å²) in [6.45, 7) is 6.82. The number of hydrogen-bond donors (Lipinski definition) is 1. The molecule has 1 heterocycles. The lowest BCUT2D eigenvalue weighted by atomic mass is 10.2. The maximum absolute atomic E-state index is 12.7. The van der Waals surface area contributed by atoms with Gasteiger partial charge in [0.2, 0.25) is 5.88 Å². The quantitative estimate of drug-likeness (QED) is 0.467. The molecule has 0 saturated carbocycles. The van der Waals surface area contributed by atoms with Crippen LogP contribution >= 0.6 is 0 Å². The molecule has 2 aromatic carbocycles. The highest BCUT2D eigenvalue weighted by atomic mass is 32.2. The molecule has 0 atom stereocenters. The van der Waals surface area contributed by atoms with E-state index < -0.39 is 10.0 Å². The van der Waals surface area contributed by atoms with Crippen LogP contribution in [0.3, 0.4) is 0 Å². The molecule has 0 saturated heterocycles. The summed E-state index contributed by atoms with van der Waals surface area (Å²) in [5.74, 6) is -0.138. The van der Waals surface area contributed by atoms with Gasteiger partial charge in [0.05, 0.1) is 17.0 Å². The van der Waals surface area contributed by atoms with Gasteiger partial charge < -0.3 is 14.4 Å². The molecule has 0 radical (unpaired) electrons. The van der Waals surface area contributed by atoms with Crippen molar-refractivity contribution in [2.75, 3.05) is 13.2 Å². The normalized spacial score (nSPS) is 12.2. The first kappa shape index (κ1) is 20.0. The number of fused-ring (bicyclic) bond motifs is 1. The van der Waals surface area contributed by atoms with Crippen LogP contribution in [0.4, 0.5) is 5.69 Å². The van der Waals surface area contributed by atoms with E-state index in [4.69, 9.17) is 4.74 Å². The highest BCUT2D eigenvalue weighted by Gasteiger charge is 2.20. The Morgan fingerprint density at radius 1 is 1.14 bits per heavy atom. The predicted molar refractivity (Wildman–Crippen MR) is 108 cm³/mol. The molecule has 0 unspecified atom stereocenters. The van der Waals surface area contributed by atoms with Gasteiger partial charge in [-0.15, -0.1) is 5.11 Å². The van der Waals surface area contributed by atoms with Gasteiger partial charge in [0.1, 0.15) is 0 Å². The summed E-state index contributed by atoms with van der Waals surface area (Å²) >= 11 is 0. The van der Waals surface area contributed by atoms with Gasteiger partial charge in [-0.3, -0.25) is 0 Å². The molecule has 0 amide bonds. The number of nitrogens with zero attached hydrogens (tertiary/aromatic N) is 3. The number of aromatic nitrogens is 1. The zero-order valence-corrected chi connectivity index (χ0v) is 16.9. The van der Waals surface area contributed by atoms with Gasteiger partial charge in [-0.25, -0.2) is 0 Å². The number of para-hydroxylation sites is 1. The number of ether oxygens (including phenoxy) is 1. The van der Waals surface area contributed by atoms with Crippen molar-refractivity contribution in [2.24, 2.45) is 9.63 Å². The molecule has 0 aliphatic heterocycles. The standard InChI is InChI=1S/C20H23N3O4S/c1-4-27-12-11-23-17-8-6-5-7-16(17)19(20(23)24)21-22-28(25,26)18-13-14(2)9-10-15(18)3/h5-10,13,24H,4,11-12H2,1-3H3. The van der Waals surface area contributed by atoms with Crippen LogP contribution in [0.1, 0.15) is 18.1 Å². The van der Waals surface area contributed by atoms with E-state index in [0.717, 1.165) is 11.1 Å². The van der Waals surface area contributed by atoms with Crippen molar-refractivity contribution in [3.05, 3.63) is 53.6 Å². The third-order valence-corrected chi connectivity index (χ3v) is 5.74. The molecule has 1 aromatic heterocycles. The molecule has 7 nitrogen and oxygen atoms in total. The van der Waals surface area contributed by atoms with Crippen LogP contribution in [0.5, 0.6) is 5.88 Å². The lowest BCUT2D eigenvalue weighted by Gasteiger charge is -2.06. The molecular formula is C20H23N3O4S. The highest BCUT2D eigenvalue weighted by Crippen LogP contribution is 2.39. The minimum absolute atomic E-state index is 0.107. The van der Waals surface area contributed by atoms with Gasteiger partial charge in [-0.2, -0.15) is 8.42 Å². The van der Waals surface area contributed by atoms with E-state index in [1.807, 2.05) is 32.0 Å². The number of aromatic hydroxyl groups is 1. The van der Waals surface area contributed by atoms with E-state index in [2.05, 4.69) is 9.63 Å². The van der Waals surface area contributed by atoms with Crippen LogP contribution in [-0.4, -0.2) is 31.3 Å². The minimum atomic E-state index is -4.00. The van der Waals surface area contributed by atoms with Crippen LogP contribution in [-0.2, 0) is 21.3 Å². The van der Waals surface area contributed by atoms with Crippen LogP contribution in [0.25, 0.3) is 10.9 Å². The Morgan fingerprint density at radius 2 is 1.89 bits per heavy atom. The molecule has 8 heteroatoms. The highest BCUT2D eigenvalue weighted by molar-refractivity contribution is 7.90. The van der Waals surface area contributed by atoms with Crippen LogP contribution in [0.15, 0.2) is 57.0 Å². The molecule has 1 N–H and O–H groups in total. The Bertz CT molecular complexity index is 1130. The van der Waals surface area contributed by atoms with Crippen LogP contribution in [0, 0.1) is 13.8 Å². The topological polar surface area (TPSA) is 93.2 Å². The monoisotopic (exact) mass is 401 g/mol. The van der Waals surface area contributed by atoms with Gasteiger partial charge in [0, 0.05) is 18.5 Å².